The van der Waals surface area contributed by atoms with Crippen molar-refractivity contribution in [3.05, 3.63) is 22.7 Å². The first kappa shape index (κ1) is 29.8. The van der Waals surface area contributed by atoms with Gasteiger partial charge in [0.25, 0.3) is 0 Å². The predicted octanol–water partition coefficient (Wildman–Crippen LogP) is 5.97. The molecule has 0 spiro atoms. The molecule has 0 aliphatic heterocycles. The van der Waals surface area contributed by atoms with E-state index in [1.165, 1.54) is 45.3 Å². The van der Waals surface area contributed by atoms with Gasteiger partial charge in [-0.3, -0.25) is 0 Å². The van der Waals surface area contributed by atoms with Crippen LogP contribution in [0.1, 0.15) is 58.4 Å². The highest BCUT2D eigenvalue weighted by atomic mass is 35.5. The zero-order valence-corrected chi connectivity index (χ0v) is 20.3. The first-order chi connectivity index (χ1) is 12.7. The van der Waals surface area contributed by atoms with Gasteiger partial charge in [-0.05, 0) is 70.1 Å². The van der Waals surface area contributed by atoms with Crippen LogP contribution in [0.4, 0.5) is 0 Å². The Bertz CT molecular complexity index is 497. The minimum Gasteiger partial charge on any atom is -0.491 e. The van der Waals surface area contributed by atoms with Gasteiger partial charge in [-0.25, -0.2) is 0 Å². The smallest absolute Gasteiger partial charge is 0.179 e. The van der Waals surface area contributed by atoms with Gasteiger partial charge in [-0.15, -0.1) is 24.8 Å². The van der Waals surface area contributed by atoms with Crippen LogP contribution in [-0.2, 0) is 6.54 Å². The van der Waals surface area contributed by atoms with Crippen molar-refractivity contribution in [3.63, 3.8) is 0 Å². The zero-order valence-electron chi connectivity index (χ0n) is 17.9. The zero-order chi connectivity index (χ0) is 19.2. The lowest BCUT2D eigenvalue weighted by atomic mass is 10.2. The maximum absolute atomic E-state index is 6.31. The first-order valence-electron chi connectivity index (χ1n) is 10.1. The highest BCUT2D eigenvalue weighted by Crippen LogP contribution is 2.36. The lowest BCUT2D eigenvalue weighted by molar-refractivity contribution is 0.261. The molecule has 0 bridgehead atoms. The number of hydrogen-bond acceptors (Lipinski definition) is 4. The molecule has 0 saturated carbocycles. The van der Waals surface area contributed by atoms with Crippen LogP contribution in [0.5, 0.6) is 11.5 Å². The molecule has 0 unspecified atom stereocenters. The van der Waals surface area contributed by atoms with Crippen LogP contribution in [0.25, 0.3) is 0 Å². The molecule has 0 aliphatic carbocycles. The minimum absolute atomic E-state index is 0. The number of nitrogens with one attached hydrogen (secondary N) is 1. The summed E-state index contributed by atoms with van der Waals surface area (Å²) in [4.78, 5) is 2.60. The van der Waals surface area contributed by atoms with E-state index in [2.05, 4.69) is 24.1 Å². The minimum atomic E-state index is 0. The Kier molecular flexibility index (Phi) is 19.8. The normalized spacial score (nSPS) is 10.4. The number of benzene rings is 1. The molecular formula is C21H39Cl3N2O2. The van der Waals surface area contributed by atoms with Crippen LogP contribution < -0.4 is 14.8 Å². The summed E-state index contributed by atoms with van der Waals surface area (Å²) in [5, 5.41) is 4.12. The second kappa shape index (κ2) is 18.6. The van der Waals surface area contributed by atoms with Crippen LogP contribution in [0.2, 0.25) is 5.02 Å². The number of methoxy groups -OCH3 is 1. The second-order valence-corrected chi connectivity index (χ2v) is 7.03. The van der Waals surface area contributed by atoms with Crippen molar-refractivity contribution >= 4 is 36.4 Å². The number of halogens is 3. The molecule has 0 aromatic heterocycles. The van der Waals surface area contributed by atoms with Gasteiger partial charge < -0.3 is 19.7 Å². The lowest BCUT2D eigenvalue weighted by Crippen LogP contribution is -2.29. The fraction of sp³-hybridized carbons (Fsp3) is 0.714. The molecule has 0 fully saturated rings. The van der Waals surface area contributed by atoms with Crippen LogP contribution in [0.3, 0.4) is 0 Å². The number of unbranched alkanes of at least 4 members (excludes halogenated alkanes) is 2. The van der Waals surface area contributed by atoms with Crippen LogP contribution in [-0.4, -0.2) is 44.8 Å². The highest BCUT2D eigenvalue weighted by Gasteiger charge is 2.11. The fourth-order valence-electron chi connectivity index (χ4n) is 2.94. The molecular weight excluding hydrogens is 419 g/mol. The van der Waals surface area contributed by atoms with Gasteiger partial charge >= 0.3 is 0 Å². The van der Waals surface area contributed by atoms with Crippen molar-refractivity contribution in [2.24, 2.45) is 0 Å². The van der Waals surface area contributed by atoms with Gasteiger partial charge in [-0.1, -0.05) is 38.3 Å². The topological polar surface area (TPSA) is 33.7 Å². The Labute approximate surface area is 189 Å². The summed E-state index contributed by atoms with van der Waals surface area (Å²) in [6.45, 7) is 12.5. The molecule has 166 valence electrons. The van der Waals surface area contributed by atoms with Gasteiger partial charge in [0.15, 0.2) is 11.5 Å². The largest absolute Gasteiger partial charge is 0.491 e. The summed E-state index contributed by atoms with van der Waals surface area (Å²) in [5.41, 5.74) is 1.12. The summed E-state index contributed by atoms with van der Waals surface area (Å²) in [6.07, 6.45) is 6.28. The Balaban J connectivity index is 0. The molecule has 28 heavy (non-hydrogen) atoms. The van der Waals surface area contributed by atoms with Gasteiger partial charge in [0.1, 0.15) is 0 Å². The van der Waals surface area contributed by atoms with Gasteiger partial charge in [0.05, 0.1) is 18.7 Å². The Morgan fingerprint density at radius 2 is 1.57 bits per heavy atom. The molecule has 1 aromatic carbocycles. The molecule has 0 radical (unpaired) electrons. The molecule has 0 saturated heterocycles. The summed E-state index contributed by atoms with van der Waals surface area (Å²) in [6, 6.07) is 3.96. The van der Waals surface area contributed by atoms with Crippen molar-refractivity contribution in [3.8, 4) is 11.5 Å². The molecule has 0 atom stereocenters. The summed E-state index contributed by atoms with van der Waals surface area (Å²) in [7, 11) is 1.62. The highest BCUT2D eigenvalue weighted by molar-refractivity contribution is 6.32. The van der Waals surface area contributed by atoms with Crippen molar-refractivity contribution < 1.29 is 9.47 Å². The molecule has 0 amide bonds. The Morgan fingerprint density at radius 3 is 2.11 bits per heavy atom. The first-order valence-corrected chi connectivity index (χ1v) is 10.5. The Morgan fingerprint density at radius 1 is 0.964 bits per heavy atom. The van der Waals surface area contributed by atoms with E-state index in [4.69, 9.17) is 21.1 Å². The van der Waals surface area contributed by atoms with E-state index in [1.54, 1.807) is 7.11 Å². The molecule has 1 aromatic rings. The second-order valence-electron chi connectivity index (χ2n) is 6.62. The van der Waals surface area contributed by atoms with E-state index < -0.39 is 0 Å². The maximum atomic E-state index is 6.31. The monoisotopic (exact) mass is 456 g/mol. The third kappa shape index (κ3) is 11.6. The average molecular weight is 458 g/mol. The quantitative estimate of drug-likeness (QED) is 0.329. The number of rotatable bonds is 15. The van der Waals surface area contributed by atoms with Crippen LogP contribution >= 0.6 is 36.4 Å². The van der Waals surface area contributed by atoms with E-state index in [9.17, 15) is 0 Å². The molecule has 0 heterocycles. The van der Waals surface area contributed by atoms with E-state index in [-0.39, 0.29) is 24.8 Å². The van der Waals surface area contributed by atoms with E-state index >= 15 is 0 Å². The van der Waals surface area contributed by atoms with Crippen LogP contribution in [0.15, 0.2) is 12.1 Å². The fourth-order valence-corrected chi connectivity index (χ4v) is 3.25. The summed E-state index contributed by atoms with van der Waals surface area (Å²) in [5.74, 6) is 1.32. The van der Waals surface area contributed by atoms with Crippen molar-refractivity contribution in [1.82, 2.24) is 10.2 Å². The van der Waals surface area contributed by atoms with Gasteiger partial charge in [0, 0.05) is 6.54 Å². The number of hydrogen-bond donors (Lipinski definition) is 1. The van der Waals surface area contributed by atoms with Crippen molar-refractivity contribution in [1.29, 1.82) is 0 Å². The van der Waals surface area contributed by atoms with Crippen molar-refractivity contribution in [2.75, 3.05) is 39.9 Å². The van der Waals surface area contributed by atoms with Crippen LogP contribution in [0, 0.1) is 0 Å². The Hall–Kier alpha value is -0.390. The third-order valence-corrected chi connectivity index (χ3v) is 4.67. The third-order valence-electron chi connectivity index (χ3n) is 4.39. The average Bonchev–Trinajstić information content (AvgIpc) is 2.63. The molecule has 0 aliphatic rings. The molecule has 1 N–H and O–H groups in total. The summed E-state index contributed by atoms with van der Waals surface area (Å²) >= 11 is 6.31. The van der Waals surface area contributed by atoms with Gasteiger partial charge in [-0.2, -0.15) is 0 Å². The SMILES string of the molecule is CCCCN(CCCC)CCCNCc1cc(Cl)c(OC)c(OCC)c1.Cl.Cl. The molecule has 4 nitrogen and oxygen atoms in total. The molecule has 7 heteroatoms. The molecule has 1 rings (SSSR count). The van der Waals surface area contributed by atoms with Gasteiger partial charge in [0.2, 0.25) is 0 Å². The number of nitrogens with zero attached hydrogens (tertiary/aromatic N) is 1. The lowest BCUT2D eigenvalue weighted by Gasteiger charge is -2.22. The van der Waals surface area contributed by atoms with Crippen molar-refractivity contribution in [2.45, 2.75) is 59.4 Å². The van der Waals surface area contributed by atoms with E-state index in [0.29, 0.717) is 23.1 Å². The summed E-state index contributed by atoms with van der Waals surface area (Å²) < 4.78 is 11.0. The van der Waals surface area contributed by atoms with E-state index in [0.717, 1.165) is 25.1 Å². The predicted molar refractivity (Wildman–Crippen MR) is 126 cm³/mol. The maximum Gasteiger partial charge on any atom is 0.179 e. The number of ether oxygens (including phenoxy) is 2. The standard InChI is InChI=1S/C21H37ClN2O2.2ClH/c1-5-8-12-24(13-9-6-2)14-10-11-23-17-18-15-19(22)21(25-4)20(16-18)26-7-3;;/h15-16,23H,5-14,17H2,1-4H3;2*1H. The van der Waals surface area contributed by atoms with E-state index in [1.807, 2.05) is 19.1 Å².